The average Bonchev–Trinajstić information content (AvgIpc) is 1.78. The van der Waals surface area contributed by atoms with Crippen molar-refractivity contribution in [2.24, 2.45) is 0 Å². The SMILES string of the molecule is C.CC1CC(C)(O)C(N(C)C)C(C)O1. The molecule has 1 aliphatic rings. The van der Waals surface area contributed by atoms with Gasteiger partial charge in [0.1, 0.15) is 0 Å². The number of hydrogen-bond donors (Lipinski definition) is 1. The molecule has 86 valence electrons. The molecule has 0 radical (unpaired) electrons. The van der Waals surface area contributed by atoms with E-state index in [1.165, 1.54) is 0 Å². The topological polar surface area (TPSA) is 32.7 Å². The summed E-state index contributed by atoms with van der Waals surface area (Å²) in [7, 11) is 3.96. The van der Waals surface area contributed by atoms with Crippen molar-refractivity contribution >= 4 is 0 Å². The molecule has 0 saturated carbocycles. The van der Waals surface area contributed by atoms with E-state index in [-0.39, 0.29) is 25.7 Å². The summed E-state index contributed by atoms with van der Waals surface area (Å²) in [6, 6.07) is 0.0868. The lowest BCUT2D eigenvalue weighted by molar-refractivity contribution is -0.170. The Morgan fingerprint density at radius 2 is 1.86 bits per heavy atom. The van der Waals surface area contributed by atoms with Crippen molar-refractivity contribution in [2.75, 3.05) is 14.1 Å². The summed E-state index contributed by atoms with van der Waals surface area (Å²) in [6.07, 6.45) is 0.954. The first-order chi connectivity index (χ1) is 5.84. The molecule has 0 aliphatic carbocycles. The van der Waals surface area contributed by atoms with Gasteiger partial charge in [-0.25, -0.2) is 0 Å². The van der Waals surface area contributed by atoms with Gasteiger partial charge in [-0.1, -0.05) is 7.43 Å². The minimum Gasteiger partial charge on any atom is -0.388 e. The zero-order valence-corrected chi connectivity index (χ0v) is 9.24. The van der Waals surface area contributed by atoms with Crippen LogP contribution in [0.1, 0.15) is 34.6 Å². The van der Waals surface area contributed by atoms with Crippen molar-refractivity contribution in [3.05, 3.63) is 0 Å². The average molecular weight is 203 g/mol. The molecule has 0 amide bonds. The molecule has 14 heavy (non-hydrogen) atoms. The number of aliphatic hydroxyl groups is 1. The lowest BCUT2D eigenvalue weighted by Crippen LogP contribution is -2.60. The molecule has 1 fully saturated rings. The highest BCUT2D eigenvalue weighted by molar-refractivity contribution is 4.96. The Hall–Kier alpha value is -0.120. The molecule has 4 atom stereocenters. The second-order valence-corrected chi connectivity index (χ2v) is 4.62. The lowest BCUT2D eigenvalue weighted by Gasteiger charge is -2.47. The highest BCUT2D eigenvalue weighted by atomic mass is 16.5. The minimum atomic E-state index is -0.638. The normalized spacial score (nSPS) is 43.5. The summed E-state index contributed by atoms with van der Waals surface area (Å²) in [6.45, 7) is 5.93. The van der Waals surface area contributed by atoms with E-state index in [0.717, 1.165) is 0 Å². The van der Waals surface area contributed by atoms with Crippen molar-refractivity contribution in [1.29, 1.82) is 0 Å². The molecule has 1 rings (SSSR count). The van der Waals surface area contributed by atoms with E-state index in [4.69, 9.17) is 4.74 Å². The summed E-state index contributed by atoms with van der Waals surface area (Å²) in [5.41, 5.74) is -0.638. The highest BCUT2D eigenvalue weighted by Gasteiger charge is 2.43. The maximum Gasteiger partial charge on any atom is 0.0823 e. The van der Waals surface area contributed by atoms with Crippen molar-refractivity contribution in [3.63, 3.8) is 0 Å². The Bertz CT molecular complexity index is 180. The van der Waals surface area contributed by atoms with Gasteiger partial charge in [0.25, 0.3) is 0 Å². The zero-order valence-electron chi connectivity index (χ0n) is 9.24. The van der Waals surface area contributed by atoms with Gasteiger partial charge in [0.2, 0.25) is 0 Å². The van der Waals surface area contributed by atoms with Gasteiger partial charge >= 0.3 is 0 Å². The Balaban J connectivity index is 0.00000169. The van der Waals surface area contributed by atoms with E-state index < -0.39 is 5.60 Å². The third-order valence-electron chi connectivity index (χ3n) is 2.79. The van der Waals surface area contributed by atoms with Crippen LogP contribution in [0.4, 0.5) is 0 Å². The number of ether oxygens (including phenoxy) is 1. The second-order valence-electron chi connectivity index (χ2n) is 4.62. The van der Waals surface area contributed by atoms with Gasteiger partial charge in [-0.2, -0.15) is 0 Å². The molecule has 3 nitrogen and oxygen atoms in total. The van der Waals surface area contributed by atoms with E-state index in [9.17, 15) is 5.11 Å². The molecular weight excluding hydrogens is 178 g/mol. The highest BCUT2D eigenvalue weighted by Crippen LogP contribution is 2.31. The van der Waals surface area contributed by atoms with Crippen LogP contribution in [-0.4, -0.2) is 48.0 Å². The van der Waals surface area contributed by atoms with Gasteiger partial charge < -0.3 is 14.7 Å². The van der Waals surface area contributed by atoms with Crippen LogP contribution in [0.3, 0.4) is 0 Å². The predicted octanol–water partition coefficient (Wildman–Crippen LogP) is 1.50. The minimum absolute atomic E-state index is 0. The summed E-state index contributed by atoms with van der Waals surface area (Å²) >= 11 is 0. The number of likely N-dealkylation sites (N-methyl/N-ethyl adjacent to an activating group) is 1. The third-order valence-corrected chi connectivity index (χ3v) is 2.79. The Morgan fingerprint density at radius 1 is 1.36 bits per heavy atom. The van der Waals surface area contributed by atoms with Gasteiger partial charge in [0, 0.05) is 6.42 Å². The van der Waals surface area contributed by atoms with Crippen LogP contribution in [0.2, 0.25) is 0 Å². The number of nitrogens with zero attached hydrogens (tertiary/aromatic N) is 1. The lowest BCUT2D eigenvalue weighted by atomic mass is 9.84. The molecule has 0 bridgehead atoms. The molecule has 3 heteroatoms. The van der Waals surface area contributed by atoms with Crippen molar-refractivity contribution in [1.82, 2.24) is 4.90 Å². The molecule has 0 spiro atoms. The van der Waals surface area contributed by atoms with Crippen LogP contribution in [0, 0.1) is 0 Å². The first-order valence-corrected chi connectivity index (χ1v) is 4.89. The summed E-state index contributed by atoms with van der Waals surface area (Å²) < 4.78 is 5.69. The van der Waals surface area contributed by atoms with Gasteiger partial charge in [-0.15, -0.1) is 0 Å². The fourth-order valence-electron chi connectivity index (χ4n) is 2.67. The molecule has 0 aromatic rings. The third kappa shape index (κ3) is 2.69. The summed E-state index contributed by atoms with van der Waals surface area (Å²) in [5, 5.41) is 10.2. The molecule has 1 saturated heterocycles. The Kier molecular flexibility index (Phi) is 4.56. The summed E-state index contributed by atoms with van der Waals surface area (Å²) in [4.78, 5) is 2.04. The van der Waals surface area contributed by atoms with Crippen LogP contribution in [0.5, 0.6) is 0 Å². The van der Waals surface area contributed by atoms with Gasteiger partial charge in [-0.05, 0) is 34.9 Å². The van der Waals surface area contributed by atoms with E-state index in [1.54, 1.807) is 0 Å². The predicted molar refractivity (Wildman–Crippen MR) is 59.5 cm³/mol. The van der Waals surface area contributed by atoms with E-state index >= 15 is 0 Å². The summed E-state index contributed by atoms with van der Waals surface area (Å²) in [5.74, 6) is 0. The van der Waals surface area contributed by atoms with Crippen LogP contribution < -0.4 is 0 Å². The fraction of sp³-hybridized carbons (Fsp3) is 1.00. The van der Waals surface area contributed by atoms with Crippen molar-refractivity contribution in [3.8, 4) is 0 Å². The second kappa shape index (κ2) is 4.60. The molecule has 4 unspecified atom stereocenters. The first kappa shape index (κ1) is 13.9. The number of hydrogen-bond acceptors (Lipinski definition) is 3. The molecular formula is C11H25NO2. The molecule has 1 heterocycles. The van der Waals surface area contributed by atoms with E-state index in [0.29, 0.717) is 6.42 Å². The number of rotatable bonds is 1. The van der Waals surface area contributed by atoms with E-state index in [1.807, 2.05) is 39.8 Å². The maximum atomic E-state index is 10.2. The van der Waals surface area contributed by atoms with Crippen LogP contribution in [-0.2, 0) is 4.74 Å². The maximum absolute atomic E-state index is 10.2. The molecule has 0 aromatic heterocycles. The fourth-order valence-corrected chi connectivity index (χ4v) is 2.67. The quantitative estimate of drug-likeness (QED) is 0.701. The van der Waals surface area contributed by atoms with E-state index in [2.05, 4.69) is 0 Å². The standard InChI is InChI=1S/C10H21NO2.CH4/c1-7-6-10(3,12)9(11(4)5)8(2)13-7;/h7-9,12H,6H2,1-5H3;1H4. The monoisotopic (exact) mass is 203 g/mol. The largest absolute Gasteiger partial charge is 0.388 e. The van der Waals surface area contributed by atoms with Gasteiger partial charge in [-0.3, -0.25) is 0 Å². The zero-order chi connectivity index (χ0) is 10.2. The van der Waals surface area contributed by atoms with Crippen molar-refractivity contribution < 1.29 is 9.84 Å². The van der Waals surface area contributed by atoms with Crippen molar-refractivity contribution in [2.45, 2.75) is 58.5 Å². The Morgan fingerprint density at radius 3 is 2.21 bits per heavy atom. The molecule has 1 N–H and O–H groups in total. The molecule has 0 aromatic carbocycles. The van der Waals surface area contributed by atoms with Crippen LogP contribution in [0.15, 0.2) is 0 Å². The van der Waals surface area contributed by atoms with Gasteiger partial charge in [0.15, 0.2) is 0 Å². The van der Waals surface area contributed by atoms with Crippen LogP contribution >= 0.6 is 0 Å². The molecule has 1 aliphatic heterocycles. The Labute approximate surface area is 88.1 Å². The first-order valence-electron chi connectivity index (χ1n) is 4.89. The van der Waals surface area contributed by atoms with Crippen LogP contribution in [0.25, 0.3) is 0 Å². The smallest absolute Gasteiger partial charge is 0.0823 e. The van der Waals surface area contributed by atoms with Gasteiger partial charge in [0.05, 0.1) is 23.9 Å².